The minimum atomic E-state index is -0.249. The molecule has 1 aromatic rings. The highest BCUT2D eigenvalue weighted by Gasteiger charge is 2.11. The highest BCUT2D eigenvalue weighted by atomic mass is 32.1. The zero-order valence-corrected chi connectivity index (χ0v) is 11.0. The summed E-state index contributed by atoms with van der Waals surface area (Å²) in [4.78, 5) is 2.46. The van der Waals surface area contributed by atoms with E-state index in [2.05, 4.69) is 33.8 Å². The van der Waals surface area contributed by atoms with Gasteiger partial charge in [-0.2, -0.15) is 0 Å². The van der Waals surface area contributed by atoms with Crippen LogP contribution in [0.5, 0.6) is 0 Å². The van der Waals surface area contributed by atoms with Crippen LogP contribution in [0.25, 0.3) is 0 Å². The minimum Gasteiger partial charge on any atom is -0.388 e. The maximum atomic E-state index is 9.98. The Labute approximate surface area is 97.2 Å². The van der Waals surface area contributed by atoms with Crippen molar-refractivity contribution in [2.45, 2.75) is 53.1 Å². The zero-order chi connectivity index (χ0) is 11.4. The molecule has 0 spiro atoms. The Morgan fingerprint density at radius 2 is 1.93 bits per heavy atom. The Bertz CT molecular complexity index is 282. The fourth-order valence-corrected chi connectivity index (χ4v) is 2.69. The molecule has 15 heavy (non-hydrogen) atoms. The number of aryl methyl sites for hydroxylation is 2. The third-order valence-corrected chi connectivity index (χ3v) is 4.03. The summed E-state index contributed by atoms with van der Waals surface area (Å²) < 4.78 is 0. The Hall–Kier alpha value is -0.340. The Morgan fingerprint density at radius 1 is 1.27 bits per heavy atom. The fourth-order valence-electron chi connectivity index (χ4n) is 1.63. The number of hydrogen-bond acceptors (Lipinski definition) is 2. The van der Waals surface area contributed by atoms with Gasteiger partial charge in [0.2, 0.25) is 0 Å². The van der Waals surface area contributed by atoms with Gasteiger partial charge in [0.15, 0.2) is 0 Å². The van der Waals surface area contributed by atoms with Gasteiger partial charge in [-0.15, -0.1) is 11.3 Å². The topological polar surface area (TPSA) is 20.2 Å². The predicted molar refractivity (Wildman–Crippen MR) is 67.4 cm³/mol. The van der Waals surface area contributed by atoms with Crippen LogP contribution >= 0.6 is 11.3 Å². The molecule has 0 aliphatic carbocycles. The minimum absolute atomic E-state index is 0.249. The van der Waals surface area contributed by atoms with E-state index in [-0.39, 0.29) is 6.10 Å². The second-order valence-corrected chi connectivity index (χ2v) is 6.02. The van der Waals surface area contributed by atoms with Crippen molar-refractivity contribution in [1.29, 1.82) is 0 Å². The average molecular weight is 226 g/mol. The van der Waals surface area contributed by atoms with Gasteiger partial charge in [-0.05, 0) is 37.8 Å². The number of rotatable bonds is 5. The molecule has 0 amide bonds. The van der Waals surface area contributed by atoms with Crippen molar-refractivity contribution in [3.05, 3.63) is 21.4 Å². The van der Waals surface area contributed by atoms with Crippen LogP contribution in [0.15, 0.2) is 6.07 Å². The van der Waals surface area contributed by atoms with Gasteiger partial charge in [0, 0.05) is 9.75 Å². The maximum absolute atomic E-state index is 9.98. The molecule has 2 heteroatoms. The van der Waals surface area contributed by atoms with Crippen molar-refractivity contribution >= 4 is 11.3 Å². The quantitative estimate of drug-likeness (QED) is 0.797. The standard InChI is InChI=1S/C13H22OS/c1-9(2)6-5-7-12(14)13-8-10(3)11(4)15-13/h8-9,12,14H,5-7H2,1-4H3. The van der Waals surface area contributed by atoms with Gasteiger partial charge in [-0.1, -0.05) is 26.7 Å². The number of thiophene rings is 1. The lowest BCUT2D eigenvalue weighted by Crippen LogP contribution is -1.96. The van der Waals surface area contributed by atoms with Crippen LogP contribution in [0.4, 0.5) is 0 Å². The summed E-state index contributed by atoms with van der Waals surface area (Å²) in [6.45, 7) is 8.68. The molecule has 1 unspecified atom stereocenters. The normalized spacial score (nSPS) is 13.5. The van der Waals surface area contributed by atoms with Gasteiger partial charge in [0.05, 0.1) is 6.10 Å². The van der Waals surface area contributed by atoms with Crippen molar-refractivity contribution in [2.75, 3.05) is 0 Å². The third kappa shape index (κ3) is 3.96. The SMILES string of the molecule is Cc1cc(C(O)CCCC(C)C)sc1C. The van der Waals surface area contributed by atoms with E-state index < -0.39 is 0 Å². The smallest absolute Gasteiger partial charge is 0.0882 e. The molecule has 0 saturated carbocycles. The Balaban J connectivity index is 2.43. The molecule has 1 heterocycles. The van der Waals surface area contributed by atoms with Crippen molar-refractivity contribution in [1.82, 2.24) is 0 Å². The van der Waals surface area contributed by atoms with Crippen molar-refractivity contribution < 1.29 is 5.11 Å². The van der Waals surface area contributed by atoms with E-state index in [4.69, 9.17) is 0 Å². The van der Waals surface area contributed by atoms with E-state index >= 15 is 0 Å². The highest BCUT2D eigenvalue weighted by Crippen LogP contribution is 2.29. The molecule has 0 saturated heterocycles. The summed E-state index contributed by atoms with van der Waals surface area (Å²) in [6.07, 6.45) is 2.98. The van der Waals surface area contributed by atoms with Crippen molar-refractivity contribution in [2.24, 2.45) is 5.92 Å². The first-order valence-electron chi connectivity index (χ1n) is 5.75. The summed E-state index contributed by atoms with van der Waals surface area (Å²) >= 11 is 1.73. The largest absolute Gasteiger partial charge is 0.388 e. The summed E-state index contributed by atoms with van der Waals surface area (Å²) in [6, 6.07) is 2.13. The molecular formula is C13H22OS. The van der Waals surface area contributed by atoms with Gasteiger partial charge >= 0.3 is 0 Å². The zero-order valence-electron chi connectivity index (χ0n) is 10.2. The van der Waals surface area contributed by atoms with Crippen LogP contribution in [0.1, 0.15) is 54.5 Å². The summed E-state index contributed by atoms with van der Waals surface area (Å²) in [5.74, 6) is 0.740. The van der Waals surface area contributed by atoms with E-state index in [9.17, 15) is 5.11 Å². The van der Waals surface area contributed by atoms with E-state index in [0.717, 1.165) is 23.6 Å². The molecule has 0 aliphatic heterocycles. The van der Waals surface area contributed by atoms with Crippen molar-refractivity contribution in [3.63, 3.8) is 0 Å². The summed E-state index contributed by atoms with van der Waals surface area (Å²) in [7, 11) is 0. The van der Waals surface area contributed by atoms with Gasteiger partial charge in [-0.3, -0.25) is 0 Å². The molecule has 1 N–H and O–H groups in total. The van der Waals surface area contributed by atoms with Gasteiger partial charge < -0.3 is 5.11 Å². The number of aliphatic hydroxyl groups excluding tert-OH is 1. The monoisotopic (exact) mass is 226 g/mol. The second-order valence-electron chi connectivity index (χ2n) is 4.73. The van der Waals surface area contributed by atoms with Gasteiger partial charge in [0.1, 0.15) is 0 Å². The summed E-state index contributed by atoms with van der Waals surface area (Å²) in [5.41, 5.74) is 1.30. The molecule has 0 radical (unpaired) electrons. The number of hydrogen-bond donors (Lipinski definition) is 1. The molecule has 1 nitrogen and oxygen atoms in total. The van der Waals surface area contributed by atoms with E-state index in [1.54, 1.807) is 11.3 Å². The molecule has 0 aliphatic rings. The van der Waals surface area contributed by atoms with Gasteiger partial charge in [-0.25, -0.2) is 0 Å². The molecule has 0 fully saturated rings. The first-order chi connectivity index (χ1) is 7.00. The lowest BCUT2D eigenvalue weighted by molar-refractivity contribution is 0.165. The van der Waals surface area contributed by atoms with Gasteiger partial charge in [0.25, 0.3) is 0 Å². The van der Waals surface area contributed by atoms with Crippen LogP contribution < -0.4 is 0 Å². The number of aliphatic hydroxyl groups is 1. The van der Waals surface area contributed by atoms with Crippen LogP contribution in [-0.4, -0.2) is 5.11 Å². The maximum Gasteiger partial charge on any atom is 0.0882 e. The Morgan fingerprint density at radius 3 is 2.40 bits per heavy atom. The second kappa shape index (κ2) is 5.66. The van der Waals surface area contributed by atoms with E-state index in [1.165, 1.54) is 16.9 Å². The Kier molecular flexibility index (Phi) is 4.81. The first kappa shape index (κ1) is 12.7. The molecule has 0 bridgehead atoms. The molecule has 1 aromatic heterocycles. The highest BCUT2D eigenvalue weighted by molar-refractivity contribution is 7.12. The average Bonchev–Trinajstić information content (AvgIpc) is 2.46. The molecule has 1 atom stereocenters. The van der Waals surface area contributed by atoms with E-state index in [0.29, 0.717) is 0 Å². The molecule has 1 rings (SSSR count). The van der Waals surface area contributed by atoms with Crippen LogP contribution in [0.3, 0.4) is 0 Å². The van der Waals surface area contributed by atoms with E-state index in [1.807, 2.05) is 0 Å². The predicted octanol–water partition coefficient (Wildman–Crippen LogP) is 4.22. The molecular weight excluding hydrogens is 204 g/mol. The molecule has 0 aromatic carbocycles. The lowest BCUT2D eigenvalue weighted by Gasteiger charge is -2.09. The fraction of sp³-hybridized carbons (Fsp3) is 0.692. The third-order valence-electron chi connectivity index (χ3n) is 2.77. The van der Waals surface area contributed by atoms with Crippen molar-refractivity contribution in [3.8, 4) is 0 Å². The van der Waals surface area contributed by atoms with Crippen LogP contribution in [0.2, 0.25) is 0 Å². The first-order valence-corrected chi connectivity index (χ1v) is 6.57. The lowest BCUT2D eigenvalue weighted by atomic mass is 10.0. The summed E-state index contributed by atoms with van der Waals surface area (Å²) in [5, 5.41) is 9.98. The van der Waals surface area contributed by atoms with Crippen LogP contribution in [-0.2, 0) is 0 Å². The molecule has 86 valence electrons. The van der Waals surface area contributed by atoms with Crippen LogP contribution in [0, 0.1) is 19.8 Å².